The van der Waals surface area contributed by atoms with Crippen LogP contribution in [0.2, 0.25) is 0 Å². The first-order valence-corrected chi connectivity index (χ1v) is 11.9. The Kier molecular flexibility index (Phi) is 5.28. The highest BCUT2D eigenvalue weighted by molar-refractivity contribution is 5.75. The molecule has 1 N–H and O–H groups in total. The van der Waals surface area contributed by atoms with E-state index in [9.17, 15) is 9.90 Å². The second kappa shape index (κ2) is 7.15. The van der Waals surface area contributed by atoms with E-state index in [1.54, 1.807) is 6.92 Å². The Bertz CT molecular complexity index is 571. The first-order chi connectivity index (χ1) is 12.8. The van der Waals surface area contributed by atoms with E-state index in [1.807, 2.05) is 0 Å². The summed E-state index contributed by atoms with van der Waals surface area (Å²) in [6.07, 6.45) is 13.6. The molecule has 154 valence electrons. The van der Waals surface area contributed by atoms with Gasteiger partial charge in [-0.3, -0.25) is 0 Å². The lowest BCUT2D eigenvalue weighted by Gasteiger charge is -2.61. The predicted octanol–water partition coefficient (Wildman–Crippen LogP) is 6.01. The van der Waals surface area contributed by atoms with E-state index in [2.05, 4.69) is 20.8 Å². The van der Waals surface area contributed by atoms with Gasteiger partial charge in [0.25, 0.3) is 0 Å². The van der Waals surface area contributed by atoms with Crippen molar-refractivity contribution in [3.8, 4) is 0 Å². The summed E-state index contributed by atoms with van der Waals surface area (Å²) in [5.41, 5.74) is 0.997. The molecule has 27 heavy (non-hydrogen) atoms. The first kappa shape index (κ1) is 19.9. The maximum Gasteiger partial charge on any atom is 0.129 e. The van der Waals surface area contributed by atoms with Crippen molar-refractivity contribution in [1.29, 1.82) is 0 Å². The summed E-state index contributed by atoms with van der Waals surface area (Å²) in [5, 5.41) is 10.2. The summed E-state index contributed by atoms with van der Waals surface area (Å²) in [6, 6.07) is 0. The molecule has 4 aliphatic carbocycles. The molecule has 2 nitrogen and oxygen atoms in total. The second-order valence-corrected chi connectivity index (χ2v) is 11.5. The molecule has 4 saturated carbocycles. The normalized spacial score (nSPS) is 50.4. The van der Waals surface area contributed by atoms with Crippen LogP contribution < -0.4 is 0 Å². The number of hydrogen-bond donors (Lipinski definition) is 1. The highest BCUT2D eigenvalue weighted by atomic mass is 16.3. The van der Waals surface area contributed by atoms with Crippen LogP contribution in [0.15, 0.2) is 0 Å². The SMILES string of the molecule is CC(=O)CC[C@@H](C)C1CC[C@H]2C3CC[C@@H]4C[C@H](O)CC[C@]4(C)C3CC[C@]12C. The van der Waals surface area contributed by atoms with Gasteiger partial charge in [-0.25, -0.2) is 0 Å². The van der Waals surface area contributed by atoms with Crippen LogP contribution in [0.25, 0.3) is 0 Å². The van der Waals surface area contributed by atoms with Crippen molar-refractivity contribution in [3.05, 3.63) is 0 Å². The molecule has 0 heterocycles. The van der Waals surface area contributed by atoms with Gasteiger partial charge >= 0.3 is 0 Å². The minimum Gasteiger partial charge on any atom is -0.393 e. The molecule has 0 aromatic rings. The van der Waals surface area contributed by atoms with Gasteiger partial charge in [-0.1, -0.05) is 20.8 Å². The van der Waals surface area contributed by atoms with Crippen molar-refractivity contribution in [1.82, 2.24) is 0 Å². The summed E-state index contributed by atoms with van der Waals surface area (Å²) in [5.74, 6) is 5.36. The molecular weight excluding hydrogens is 332 g/mol. The molecule has 4 fully saturated rings. The van der Waals surface area contributed by atoms with Crippen molar-refractivity contribution >= 4 is 5.78 Å². The fourth-order valence-electron chi connectivity index (χ4n) is 8.84. The highest BCUT2D eigenvalue weighted by Gasteiger charge is 2.60. The molecule has 0 amide bonds. The van der Waals surface area contributed by atoms with Crippen LogP contribution in [0.4, 0.5) is 0 Å². The average Bonchev–Trinajstić information content (AvgIpc) is 2.97. The summed E-state index contributed by atoms with van der Waals surface area (Å²) in [4.78, 5) is 11.5. The quantitative estimate of drug-likeness (QED) is 0.654. The maximum absolute atomic E-state index is 11.5. The van der Waals surface area contributed by atoms with Crippen LogP contribution in [0.1, 0.15) is 98.3 Å². The van der Waals surface area contributed by atoms with Gasteiger partial charge in [0.05, 0.1) is 6.10 Å². The van der Waals surface area contributed by atoms with E-state index in [1.165, 1.54) is 44.9 Å². The van der Waals surface area contributed by atoms with Gasteiger partial charge in [-0.2, -0.15) is 0 Å². The third-order valence-corrected chi connectivity index (χ3v) is 10.4. The zero-order valence-corrected chi connectivity index (χ0v) is 18.2. The third kappa shape index (κ3) is 3.22. The Balaban J connectivity index is 1.51. The van der Waals surface area contributed by atoms with Crippen LogP contribution in [0.3, 0.4) is 0 Å². The fraction of sp³-hybridized carbons (Fsp3) is 0.960. The van der Waals surface area contributed by atoms with Crippen LogP contribution >= 0.6 is 0 Å². The van der Waals surface area contributed by atoms with Gasteiger partial charge in [0.2, 0.25) is 0 Å². The Labute approximate surface area is 166 Å². The van der Waals surface area contributed by atoms with Crippen molar-refractivity contribution in [2.75, 3.05) is 0 Å². The largest absolute Gasteiger partial charge is 0.393 e. The van der Waals surface area contributed by atoms with E-state index in [-0.39, 0.29) is 6.10 Å². The Hall–Kier alpha value is -0.370. The van der Waals surface area contributed by atoms with Crippen molar-refractivity contribution in [2.45, 2.75) is 104 Å². The summed E-state index contributed by atoms with van der Waals surface area (Å²) in [7, 11) is 0. The summed E-state index contributed by atoms with van der Waals surface area (Å²) >= 11 is 0. The van der Waals surface area contributed by atoms with Gasteiger partial charge in [-0.15, -0.1) is 0 Å². The number of Topliss-reactive ketones (excluding diaryl/α,β-unsaturated/α-hetero) is 1. The predicted molar refractivity (Wildman–Crippen MR) is 110 cm³/mol. The van der Waals surface area contributed by atoms with E-state index in [4.69, 9.17) is 0 Å². The van der Waals surface area contributed by atoms with Crippen LogP contribution in [0.5, 0.6) is 0 Å². The maximum atomic E-state index is 11.5. The van der Waals surface area contributed by atoms with E-state index >= 15 is 0 Å². The number of aliphatic hydroxyl groups is 1. The molecule has 0 radical (unpaired) electrons. The molecular formula is C25H42O2. The molecule has 3 unspecified atom stereocenters. The molecule has 4 rings (SSSR count). The molecule has 0 spiro atoms. The molecule has 0 aliphatic heterocycles. The molecule has 2 heteroatoms. The monoisotopic (exact) mass is 374 g/mol. The highest BCUT2D eigenvalue weighted by Crippen LogP contribution is 2.68. The van der Waals surface area contributed by atoms with Gasteiger partial charge < -0.3 is 9.90 Å². The molecule has 0 aromatic heterocycles. The lowest BCUT2D eigenvalue weighted by atomic mass is 9.44. The number of fused-ring (bicyclic) bond motifs is 5. The van der Waals surface area contributed by atoms with Crippen molar-refractivity contribution in [3.63, 3.8) is 0 Å². The standard InChI is InChI=1S/C25H42O2/c1-16(5-6-17(2)26)21-9-10-22-20-8-7-18-15-19(27)11-13-24(18,3)23(20)12-14-25(21,22)4/h16,18-23,27H,5-15H2,1-4H3/t16-,18-,19-,20?,21?,22+,23?,24+,25-/m1/s1. The Morgan fingerprint density at radius 2 is 1.70 bits per heavy atom. The average molecular weight is 375 g/mol. The smallest absolute Gasteiger partial charge is 0.129 e. The minimum absolute atomic E-state index is 0.0357. The number of carbonyl (C=O) groups excluding carboxylic acids is 1. The van der Waals surface area contributed by atoms with Crippen LogP contribution in [-0.4, -0.2) is 17.0 Å². The second-order valence-electron chi connectivity index (χ2n) is 11.5. The fourth-order valence-corrected chi connectivity index (χ4v) is 8.84. The Morgan fingerprint density at radius 1 is 1.00 bits per heavy atom. The van der Waals surface area contributed by atoms with E-state index in [0.717, 1.165) is 55.3 Å². The van der Waals surface area contributed by atoms with Gasteiger partial charge in [0.15, 0.2) is 0 Å². The molecule has 9 atom stereocenters. The molecule has 0 bridgehead atoms. The lowest BCUT2D eigenvalue weighted by Crippen LogP contribution is -2.54. The molecule has 0 aromatic carbocycles. The van der Waals surface area contributed by atoms with Gasteiger partial charge in [0, 0.05) is 6.42 Å². The molecule has 0 saturated heterocycles. The summed E-state index contributed by atoms with van der Waals surface area (Å²) in [6.45, 7) is 9.38. The van der Waals surface area contributed by atoms with E-state index < -0.39 is 0 Å². The van der Waals surface area contributed by atoms with Gasteiger partial charge in [0.1, 0.15) is 5.78 Å². The topological polar surface area (TPSA) is 37.3 Å². The number of ketones is 1. The van der Waals surface area contributed by atoms with Crippen molar-refractivity contribution in [2.24, 2.45) is 46.3 Å². The zero-order valence-electron chi connectivity index (χ0n) is 18.2. The van der Waals surface area contributed by atoms with Crippen molar-refractivity contribution < 1.29 is 9.90 Å². The first-order valence-electron chi connectivity index (χ1n) is 11.9. The number of aliphatic hydroxyl groups excluding tert-OH is 1. The van der Waals surface area contributed by atoms with E-state index in [0.29, 0.717) is 22.5 Å². The molecule has 4 aliphatic rings. The summed E-state index contributed by atoms with van der Waals surface area (Å²) < 4.78 is 0. The zero-order chi connectivity index (χ0) is 19.4. The lowest BCUT2D eigenvalue weighted by molar-refractivity contribution is -0.129. The van der Waals surface area contributed by atoms with Gasteiger partial charge in [-0.05, 0) is 117 Å². The minimum atomic E-state index is -0.0357. The van der Waals surface area contributed by atoms with Crippen LogP contribution in [-0.2, 0) is 4.79 Å². The van der Waals surface area contributed by atoms with Crippen LogP contribution in [0, 0.1) is 46.3 Å². The Morgan fingerprint density at radius 3 is 2.44 bits per heavy atom. The number of hydrogen-bond acceptors (Lipinski definition) is 2. The number of carbonyl (C=O) groups is 1. The number of rotatable bonds is 4. The third-order valence-electron chi connectivity index (χ3n) is 10.4.